The van der Waals surface area contributed by atoms with Crippen LogP contribution in [0.4, 0.5) is 0 Å². The summed E-state index contributed by atoms with van der Waals surface area (Å²) in [6.45, 7) is 2.83. The molecule has 0 atom stereocenters. The first-order chi connectivity index (χ1) is 12.3. The average molecular weight is 375 g/mol. The molecule has 6 heteroatoms. The maximum absolute atomic E-state index is 12.0. The van der Waals surface area contributed by atoms with Crippen molar-refractivity contribution in [3.05, 3.63) is 71.3 Å². The lowest BCUT2D eigenvalue weighted by Crippen LogP contribution is -2.37. The highest BCUT2D eigenvalue weighted by Gasteiger charge is 2.17. The van der Waals surface area contributed by atoms with Gasteiger partial charge in [-0.2, -0.15) is 4.31 Å². The van der Waals surface area contributed by atoms with Crippen LogP contribution in [0.2, 0.25) is 0 Å². The first kappa shape index (κ1) is 20.1. The van der Waals surface area contributed by atoms with Crippen LogP contribution >= 0.6 is 0 Å². The normalized spacial score (nSPS) is 11.5. The van der Waals surface area contributed by atoms with Gasteiger partial charge < -0.3 is 5.32 Å². The molecule has 0 unspecified atom stereocenters. The van der Waals surface area contributed by atoms with Crippen molar-refractivity contribution in [3.8, 4) is 0 Å². The molecule has 0 saturated carbocycles. The molecule has 0 aromatic heterocycles. The van der Waals surface area contributed by atoms with Gasteiger partial charge in [-0.05, 0) is 24.5 Å². The number of nitrogens with zero attached hydrogens (tertiary/aromatic N) is 1. The third kappa shape index (κ3) is 6.98. The van der Waals surface area contributed by atoms with Crippen molar-refractivity contribution in [3.63, 3.8) is 0 Å². The zero-order chi connectivity index (χ0) is 19.0. The number of benzene rings is 2. The Morgan fingerprint density at radius 2 is 1.73 bits per heavy atom. The number of sulfonamides is 1. The van der Waals surface area contributed by atoms with Gasteiger partial charge in [-0.1, -0.05) is 60.2 Å². The van der Waals surface area contributed by atoms with Crippen molar-refractivity contribution in [2.75, 3.05) is 19.3 Å². The molecule has 0 spiro atoms. The lowest BCUT2D eigenvalue weighted by Gasteiger charge is -2.20. The minimum absolute atomic E-state index is 0.0714. The summed E-state index contributed by atoms with van der Waals surface area (Å²) in [6, 6.07) is 17.6. The van der Waals surface area contributed by atoms with E-state index in [0.717, 1.165) is 16.7 Å². The van der Waals surface area contributed by atoms with Gasteiger partial charge in [0, 0.05) is 26.1 Å². The minimum Gasteiger partial charge on any atom is -0.355 e. The van der Waals surface area contributed by atoms with Crippen LogP contribution in [-0.4, -0.2) is 38.0 Å². The van der Waals surface area contributed by atoms with E-state index < -0.39 is 10.0 Å². The number of hydrogen-bond donors (Lipinski definition) is 1. The summed E-state index contributed by atoms with van der Waals surface area (Å²) in [5.74, 6) is -0.0714. The van der Waals surface area contributed by atoms with Crippen LogP contribution < -0.4 is 5.32 Å². The van der Waals surface area contributed by atoms with Gasteiger partial charge in [-0.25, -0.2) is 8.42 Å². The molecule has 2 aromatic carbocycles. The molecule has 0 aliphatic carbocycles. The largest absolute Gasteiger partial charge is 0.355 e. The molecule has 0 radical (unpaired) electrons. The Morgan fingerprint density at radius 3 is 2.38 bits per heavy atom. The minimum atomic E-state index is -3.35. The van der Waals surface area contributed by atoms with Crippen molar-refractivity contribution in [1.82, 2.24) is 9.62 Å². The van der Waals surface area contributed by atoms with Crippen molar-refractivity contribution >= 4 is 15.9 Å². The highest BCUT2D eigenvalue weighted by molar-refractivity contribution is 7.88. The fourth-order valence-electron chi connectivity index (χ4n) is 2.69. The zero-order valence-electron chi connectivity index (χ0n) is 15.3. The molecule has 0 aliphatic heterocycles. The van der Waals surface area contributed by atoms with E-state index in [1.54, 1.807) is 0 Å². The van der Waals surface area contributed by atoms with Crippen LogP contribution in [0, 0.1) is 6.92 Å². The monoisotopic (exact) mass is 374 g/mol. The first-order valence-corrected chi connectivity index (χ1v) is 10.5. The van der Waals surface area contributed by atoms with Gasteiger partial charge in [0.2, 0.25) is 15.9 Å². The molecule has 2 rings (SSSR count). The summed E-state index contributed by atoms with van der Waals surface area (Å²) in [5.41, 5.74) is 3.14. The Kier molecular flexibility index (Phi) is 7.36. The fraction of sp³-hybridized carbons (Fsp3) is 0.350. The van der Waals surface area contributed by atoms with E-state index in [4.69, 9.17) is 0 Å². The number of carbonyl (C=O) groups is 1. The first-order valence-electron chi connectivity index (χ1n) is 8.66. The van der Waals surface area contributed by atoms with Crippen LogP contribution in [0.1, 0.15) is 23.1 Å². The topological polar surface area (TPSA) is 66.5 Å². The lowest BCUT2D eigenvalue weighted by atomic mass is 10.1. The summed E-state index contributed by atoms with van der Waals surface area (Å²) < 4.78 is 25.4. The fourth-order valence-corrected chi connectivity index (χ4v) is 3.49. The molecular weight excluding hydrogens is 348 g/mol. The van der Waals surface area contributed by atoms with Crippen LogP contribution in [0.5, 0.6) is 0 Å². The van der Waals surface area contributed by atoms with Crippen LogP contribution in [-0.2, 0) is 27.8 Å². The quantitative estimate of drug-likeness (QED) is 0.733. The molecule has 0 saturated heterocycles. The van der Waals surface area contributed by atoms with E-state index in [2.05, 4.69) is 5.32 Å². The average Bonchev–Trinajstić information content (AvgIpc) is 2.59. The van der Waals surface area contributed by atoms with Gasteiger partial charge in [-0.3, -0.25) is 4.79 Å². The second kappa shape index (κ2) is 9.50. The highest BCUT2D eigenvalue weighted by Crippen LogP contribution is 2.10. The predicted octanol–water partition coefficient (Wildman–Crippen LogP) is 2.51. The molecule has 0 aliphatic rings. The lowest BCUT2D eigenvalue weighted by molar-refractivity contribution is -0.121. The Hall–Kier alpha value is -2.18. The molecule has 5 nitrogen and oxygen atoms in total. The van der Waals surface area contributed by atoms with E-state index in [0.29, 0.717) is 25.9 Å². The van der Waals surface area contributed by atoms with Crippen molar-refractivity contribution in [1.29, 1.82) is 0 Å². The van der Waals surface area contributed by atoms with E-state index in [1.165, 1.54) is 10.6 Å². The number of rotatable bonds is 9. The van der Waals surface area contributed by atoms with E-state index >= 15 is 0 Å². The molecule has 0 fully saturated rings. The molecule has 1 amide bonds. The van der Waals surface area contributed by atoms with Crippen molar-refractivity contribution < 1.29 is 13.2 Å². The van der Waals surface area contributed by atoms with E-state index in [-0.39, 0.29) is 12.5 Å². The summed E-state index contributed by atoms with van der Waals surface area (Å²) in [4.78, 5) is 12.0. The molecule has 2 aromatic rings. The van der Waals surface area contributed by atoms with Crippen LogP contribution in [0.15, 0.2) is 54.6 Å². The number of hydrogen-bond acceptors (Lipinski definition) is 3. The van der Waals surface area contributed by atoms with Crippen molar-refractivity contribution in [2.45, 2.75) is 26.3 Å². The molecule has 26 heavy (non-hydrogen) atoms. The Morgan fingerprint density at radius 1 is 1.04 bits per heavy atom. The molecule has 0 heterocycles. The second-order valence-corrected chi connectivity index (χ2v) is 8.40. The molecule has 140 valence electrons. The number of carbonyl (C=O) groups excluding carboxylic acids is 1. The van der Waals surface area contributed by atoms with Gasteiger partial charge >= 0.3 is 0 Å². The SMILES string of the molecule is Cc1cccc(CN(CCNC(=O)CCc2ccccc2)S(C)(=O)=O)c1. The molecular formula is C20H26N2O3S. The predicted molar refractivity (Wildman–Crippen MR) is 104 cm³/mol. The third-order valence-corrected chi connectivity index (χ3v) is 5.33. The van der Waals surface area contributed by atoms with E-state index in [9.17, 15) is 13.2 Å². The summed E-state index contributed by atoms with van der Waals surface area (Å²) in [6.07, 6.45) is 2.26. The van der Waals surface area contributed by atoms with Gasteiger partial charge in [0.05, 0.1) is 6.26 Å². The van der Waals surface area contributed by atoms with Gasteiger partial charge in [-0.15, -0.1) is 0 Å². The van der Waals surface area contributed by atoms with Crippen LogP contribution in [0.25, 0.3) is 0 Å². The maximum atomic E-state index is 12.0. The highest BCUT2D eigenvalue weighted by atomic mass is 32.2. The molecule has 1 N–H and O–H groups in total. The summed E-state index contributed by atoms with van der Waals surface area (Å²) in [7, 11) is -3.35. The van der Waals surface area contributed by atoms with Crippen LogP contribution in [0.3, 0.4) is 0 Å². The summed E-state index contributed by atoms with van der Waals surface area (Å²) >= 11 is 0. The third-order valence-electron chi connectivity index (χ3n) is 4.08. The zero-order valence-corrected chi connectivity index (χ0v) is 16.1. The van der Waals surface area contributed by atoms with Gasteiger partial charge in [0.25, 0.3) is 0 Å². The van der Waals surface area contributed by atoms with Gasteiger partial charge in [0.1, 0.15) is 0 Å². The maximum Gasteiger partial charge on any atom is 0.220 e. The number of nitrogens with one attached hydrogen (secondary N) is 1. The smallest absolute Gasteiger partial charge is 0.220 e. The molecule has 0 bridgehead atoms. The van der Waals surface area contributed by atoms with E-state index in [1.807, 2.05) is 61.5 Å². The Labute approximate surface area is 156 Å². The number of aryl methyl sites for hydroxylation is 2. The second-order valence-electron chi connectivity index (χ2n) is 6.42. The van der Waals surface area contributed by atoms with Gasteiger partial charge in [0.15, 0.2) is 0 Å². The Bertz CT molecular complexity index is 820. The Balaban J connectivity index is 1.82. The standard InChI is InChI=1S/C20H26N2O3S/c1-17-7-6-10-19(15-17)16-22(26(2,24)25)14-13-21-20(23)12-11-18-8-4-3-5-9-18/h3-10,15H,11-14,16H2,1-2H3,(H,21,23). The summed E-state index contributed by atoms with van der Waals surface area (Å²) in [5, 5.41) is 2.81. The van der Waals surface area contributed by atoms with Crippen molar-refractivity contribution in [2.24, 2.45) is 0 Å². The number of amides is 1.